The maximum absolute atomic E-state index is 9.68. The predicted octanol–water partition coefficient (Wildman–Crippen LogP) is 3.51. The first-order chi connectivity index (χ1) is 8.58. The van der Waals surface area contributed by atoms with Crippen LogP contribution in [0.2, 0.25) is 0 Å². The lowest BCUT2D eigenvalue weighted by Crippen LogP contribution is -1.93. The molecule has 0 amide bonds. The van der Waals surface area contributed by atoms with Crippen molar-refractivity contribution in [1.29, 1.82) is 0 Å². The van der Waals surface area contributed by atoms with Crippen molar-refractivity contribution in [2.45, 2.75) is 6.92 Å². The highest BCUT2D eigenvalue weighted by Crippen LogP contribution is 2.36. The van der Waals surface area contributed by atoms with Crippen LogP contribution in [-0.2, 0) is 0 Å². The lowest BCUT2D eigenvalue weighted by atomic mass is 10.1. The minimum absolute atomic E-state index is 0.428. The minimum Gasteiger partial charge on any atom is -0.493 e. The standard InChI is InChI=1S/C12H13NO3S2/c1-7-11(18-12(17)13(7)14)8-4-5-9(15-2)10(6-8)16-3/h4-6,14H,1-3H3. The molecule has 0 aliphatic carbocycles. The van der Waals surface area contributed by atoms with Gasteiger partial charge in [0.2, 0.25) is 0 Å². The molecule has 0 saturated carbocycles. The molecule has 2 aromatic rings. The van der Waals surface area contributed by atoms with E-state index in [-0.39, 0.29) is 0 Å². The second kappa shape index (κ2) is 4.99. The fourth-order valence-corrected chi connectivity index (χ4v) is 2.95. The van der Waals surface area contributed by atoms with Crippen molar-refractivity contribution in [3.63, 3.8) is 0 Å². The lowest BCUT2D eigenvalue weighted by molar-refractivity contribution is 0.179. The van der Waals surface area contributed by atoms with E-state index in [1.807, 2.05) is 25.1 Å². The number of aromatic nitrogens is 1. The molecule has 6 heteroatoms. The molecule has 0 unspecified atom stereocenters. The Hall–Kier alpha value is -1.53. The summed E-state index contributed by atoms with van der Waals surface area (Å²) in [7, 11) is 3.19. The van der Waals surface area contributed by atoms with E-state index in [4.69, 9.17) is 21.7 Å². The van der Waals surface area contributed by atoms with E-state index in [9.17, 15) is 5.21 Å². The topological polar surface area (TPSA) is 43.6 Å². The maximum Gasteiger partial charge on any atom is 0.197 e. The van der Waals surface area contributed by atoms with Crippen LogP contribution in [0.25, 0.3) is 10.4 Å². The zero-order valence-electron chi connectivity index (χ0n) is 10.3. The van der Waals surface area contributed by atoms with Crippen LogP contribution in [0.4, 0.5) is 0 Å². The summed E-state index contributed by atoms with van der Waals surface area (Å²) in [5.41, 5.74) is 1.66. The molecule has 4 nitrogen and oxygen atoms in total. The minimum atomic E-state index is 0.428. The van der Waals surface area contributed by atoms with Gasteiger partial charge in [-0.15, -0.1) is 11.3 Å². The molecule has 1 N–H and O–H groups in total. The molecule has 18 heavy (non-hydrogen) atoms. The molecule has 0 spiro atoms. The van der Waals surface area contributed by atoms with E-state index < -0.39 is 0 Å². The third kappa shape index (κ3) is 2.09. The number of hydrogen-bond donors (Lipinski definition) is 1. The summed E-state index contributed by atoms with van der Waals surface area (Å²) in [5, 5.41) is 9.68. The molecule has 0 fully saturated rings. The third-order valence-electron chi connectivity index (χ3n) is 2.65. The van der Waals surface area contributed by atoms with Crippen LogP contribution in [-0.4, -0.2) is 24.2 Å². The van der Waals surface area contributed by atoms with Gasteiger partial charge in [-0.1, -0.05) is 0 Å². The van der Waals surface area contributed by atoms with Gasteiger partial charge in [0, 0.05) is 0 Å². The Labute approximate surface area is 114 Å². The largest absolute Gasteiger partial charge is 0.493 e. The molecule has 1 aromatic heterocycles. The van der Waals surface area contributed by atoms with Gasteiger partial charge in [-0.3, -0.25) is 0 Å². The Bertz CT molecular complexity index is 631. The second-order valence-electron chi connectivity index (χ2n) is 3.66. The second-order valence-corrected chi connectivity index (χ2v) is 5.31. The highest BCUT2D eigenvalue weighted by atomic mass is 32.1. The molecule has 96 valence electrons. The van der Waals surface area contributed by atoms with E-state index >= 15 is 0 Å². The molecule has 0 aliphatic rings. The first kappa shape index (κ1) is 12.9. The first-order valence-corrected chi connectivity index (χ1v) is 6.45. The van der Waals surface area contributed by atoms with Crippen molar-refractivity contribution in [3.05, 3.63) is 27.8 Å². The molecule has 0 bridgehead atoms. The number of benzene rings is 1. The molecular weight excluding hydrogens is 270 g/mol. The molecule has 0 radical (unpaired) electrons. The summed E-state index contributed by atoms with van der Waals surface area (Å²) >= 11 is 6.41. The Kier molecular flexibility index (Phi) is 3.58. The number of rotatable bonds is 3. The van der Waals surface area contributed by atoms with Crippen LogP contribution >= 0.6 is 23.6 Å². The number of ether oxygens (including phenoxy) is 2. The van der Waals surface area contributed by atoms with Crippen LogP contribution in [0.1, 0.15) is 5.69 Å². The van der Waals surface area contributed by atoms with Crippen LogP contribution in [0.5, 0.6) is 11.5 Å². The summed E-state index contributed by atoms with van der Waals surface area (Å²) in [5.74, 6) is 1.32. The van der Waals surface area contributed by atoms with E-state index in [0.29, 0.717) is 15.5 Å². The number of nitrogens with zero attached hydrogens (tertiary/aromatic N) is 1. The van der Waals surface area contributed by atoms with Gasteiger partial charge in [0.05, 0.1) is 24.8 Å². The van der Waals surface area contributed by atoms with Crippen molar-refractivity contribution < 1.29 is 14.7 Å². The first-order valence-electron chi connectivity index (χ1n) is 5.22. The van der Waals surface area contributed by atoms with E-state index in [2.05, 4.69) is 0 Å². The fourth-order valence-electron chi connectivity index (χ4n) is 1.68. The van der Waals surface area contributed by atoms with Crippen molar-refractivity contribution >= 4 is 23.6 Å². The smallest absolute Gasteiger partial charge is 0.197 e. The van der Waals surface area contributed by atoms with Gasteiger partial charge in [0.25, 0.3) is 0 Å². The molecule has 1 aromatic carbocycles. The summed E-state index contributed by atoms with van der Waals surface area (Å²) in [6, 6.07) is 5.61. The quantitative estimate of drug-likeness (QED) is 0.691. The molecule has 2 rings (SSSR count). The van der Waals surface area contributed by atoms with Gasteiger partial charge in [0.1, 0.15) is 0 Å². The normalized spacial score (nSPS) is 10.4. The number of thiazole rings is 1. The Morgan fingerprint density at radius 3 is 2.39 bits per heavy atom. The number of methoxy groups -OCH3 is 2. The average molecular weight is 283 g/mol. The molecule has 0 atom stereocenters. The third-order valence-corrected chi connectivity index (χ3v) is 4.16. The maximum atomic E-state index is 9.68. The van der Waals surface area contributed by atoms with Crippen LogP contribution in [0, 0.1) is 10.9 Å². The van der Waals surface area contributed by atoms with Crippen LogP contribution in [0.15, 0.2) is 18.2 Å². The number of hydrogen-bond acceptors (Lipinski definition) is 5. The Morgan fingerprint density at radius 2 is 1.89 bits per heavy atom. The zero-order chi connectivity index (χ0) is 13.3. The van der Waals surface area contributed by atoms with Crippen LogP contribution < -0.4 is 9.47 Å². The summed E-state index contributed by atoms with van der Waals surface area (Å²) in [6.45, 7) is 1.82. The highest BCUT2D eigenvalue weighted by Gasteiger charge is 2.12. The molecule has 1 heterocycles. The van der Waals surface area contributed by atoms with Gasteiger partial charge < -0.3 is 14.7 Å². The van der Waals surface area contributed by atoms with E-state index in [1.54, 1.807) is 14.2 Å². The van der Waals surface area contributed by atoms with Gasteiger partial charge in [-0.2, -0.15) is 4.73 Å². The van der Waals surface area contributed by atoms with Gasteiger partial charge in [-0.25, -0.2) is 0 Å². The summed E-state index contributed by atoms with van der Waals surface area (Å²) < 4.78 is 11.9. The van der Waals surface area contributed by atoms with E-state index in [1.165, 1.54) is 11.3 Å². The monoisotopic (exact) mass is 283 g/mol. The molecule has 0 saturated heterocycles. The van der Waals surface area contributed by atoms with Crippen molar-refractivity contribution in [2.75, 3.05) is 14.2 Å². The average Bonchev–Trinajstić information content (AvgIpc) is 2.65. The van der Waals surface area contributed by atoms with Crippen molar-refractivity contribution in [1.82, 2.24) is 4.73 Å². The lowest BCUT2D eigenvalue weighted by Gasteiger charge is -2.09. The van der Waals surface area contributed by atoms with Crippen molar-refractivity contribution in [3.8, 4) is 21.9 Å². The zero-order valence-corrected chi connectivity index (χ0v) is 11.9. The Morgan fingerprint density at radius 1 is 1.22 bits per heavy atom. The van der Waals surface area contributed by atoms with Crippen molar-refractivity contribution in [2.24, 2.45) is 0 Å². The predicted molar refractivity (Wildman–Crippen MR) is 73.6 cm³/mol. The highest BCUT2D eigenvalue weighted by molar-refractivity contribution is 7.73. The van der Waals surface area contributed by atoms with Gasteiger partial charge in [-0.05, 0) is 42.9 Å². The molecule has 0 aliphatic heterocycles. The van der Waals surface area contributed by atoms with Crippen LogP contribution in [0.3, 0.4) is 0 Å². The fraction of sp³-hybridized carbons (Fsp3) is 0.250. The Balaban J connectivity index is 2.57. The van der Waals surface area contributed by atoms with E-state index in [0.717, 1.165) is 20.9 Å². The molecular formula is C12H13NO3S2. The summed E-state index contributed by atoms with van der Waals surface area (Å²) in [6.07, 6.45) is 0. The van der Waals surface area contributed by atoms with Gasteiger partial charge in [0.15, 0.2) is 15.5 Å². The SMILES string of the molecule is COc1ccc(-c2sc(=S)n(O)c2C)cc1OC. The summed E-state index contributed by atoms with van der Waals surface area (Å²) in [4.78, 5) is 0.920. The van der Waals surface area contributed by atoms with Gasteiger partial charge >= 0.3 is 0 Å².